The summed E-state index contributed by atoms with van der Waals surface area (Å²) in [6.45, 7) is 7.44. The van der Waals surface area contributed by atoms with E-state index in [0.29, 0.717) is 29.5 Å². The van der Waals surface area contributed by atoms with Crippen molar-refractivity contribution >= 4 is 55.5 Å². The fraction of sp³-hybridized carbons (Fsp3) is 0.250. The minimum atomic E-state index is -0.313. The van der Waals surface area contributed by atoms with Gasteiger partial charge >= 0.3 is 0 Å². The molecule has 0 bridgehead atoms. The van der Waals surface area contributed by atoms with Crippen LogP contribution in [-0.4, -0.2) is 61.5 Å². The lowest BCUT2D eigenvalue weighted by Gasteiger charge is -2.15. The normalized spacial score (nSPS) is 15.1. The first-order valence-electron chi connectivity index (χ1n) is 12.1. The van der Waals surface area contributed by atoms with Crippen molar-refractivity contribution in [2.45, 2.75) is 13.0 Å². The maximum atomic E-state index is 12.7. The van der Waals surface area contributed by atoms with E-state index in [2.05, 4.69) is 22.5 Å². The molecule has 0 aliphatic carbocycles. The zero-order valence-electron chi connectivity index (χ0n) is 21.1. The molecule has 0 unspecified atom stereocenters. The number of ether oxygens (including phenoxy) is 1. The summed E-state index contributed by atoms with van der Waals surface area (Å²) in [4.78, 5) is 32.5. The number of pyridine rings is 1. The molecule has 37 heavy (non-hydrogen) atoms. The number of carbonyl (C=O) groups is 2. The lowest BCUT2D eigenvalue weighted by Crippen LogP contribution is -2.34. The average Bonchev–Trinajstić information content (AvgIpc) is 3.20. The highest BCUT2D eigenvalue weighted by Crippen LogP contribution is 2.41. The van der Waals surface area contributed by atoms with Gasteiger partial charge in [0, 0.05) is 40.2 Å². The molecule has 1 atom stereocenters. The average molecular weight is 516 g/mol. The third-order valence-electron chi connectivity index (χ3n) is 6.21. The monoisotopic (exact) mass is 515 g/mol. The highest BCUT2D eigenvalue weighted by atomic mass is 32.1. The van der Waals surface area contributed by atoms with E-state index < -0.39 is 0 Å². The number of aromatic nitrogens is 1. The molecule has 0 fully saturated rings. The number of carbonyl (C=O) groups excluding carboxylic acids is 2. The number of nitrogens with zero attached hydrogens (tertiary/aromatic N) is 2. The first kappa shape index (κ1) is 24.7. The highest BCUT2D eigenvalue weighted by Gasteiger charge is 2.24. The van der Waals surface area contributed by atoms with Gasteiger partial charge in [-0.2, -0.15) is 0 Å². The molecule has 2 aromatic carbocycles. The van der Waals surface area contributed by atoms with Crippen molar-refractivity contribution in [3.8, 4) is 17.0 Å². The van der Waals surface area contributed by atoms with Crippen LogP contribution in [0.15, 0.2) is 55.1 Å². The van der Waals surface area contributed by atoms with Gasteiger partial charge in [-0.25, -0.2) is 4.98 Å². The van der Waals surface area contributed by atoms with Gasteiger partial charge in [-0.3, -0.25) is 9.59 Å². The molecule has 1 aliphatic heterocycles. The Morgan fingerprint density at radius 3 is 2.89 bits per heavy atom. The molecule has 0 spiro atoms. The molecule has 8 nitrogen and oxygen atoms in total. The number of anilines is 2. The summed E-state index contributed by atoms with van der Waals surface area (Å²) in [7, 11) is 3.95. The second-order valence-electron chi connectivity index (χ2n) is 9.32. The van der Waals surface area contributed by atoms with E-state index in [-0.39, 0.29) is 17.9 Å². The van der Waals surface area contributed by atoms with Crippen molar-refractivity contribution in [2.24, 2.45) is 0 Å². The van der Waals surface area contributed by atoms with Crippen LogP contribution in [0.4, 0.5) is 11.4 Å². The Morgan fingerprint density at radius 1 is 1.27 bits per heavy atom. The summed E-state index contributed by atoms with van der Waals surface area (Å²) >= 11 is 1.49. The summed E-state index contributed by atoms with van der Waals surface area (Å²) < 4.78 is 6.96. The van der Waals surface area contributed by atoms with Gasteiger partial charge in [-0.05, 0) is 69.6 Å². The van der Waals surface area contributed by atoms with Crippen LogP contribution >= 0.6 is 11.3 Å². The molecule has 3 N–H and O–H groups in total. The van der Waals surface area contributed by atoms with Crippen molar-refractivity contribution in [3.05, 3.63) is 60.0 Å². The number of nitrogens with one attached hydrogen (secondary N) is 3. The number of likely N-dealkylation sites (N-methyl/N-ethyl adjacent to an activating group) is 1. The van der Waals surface area contributed by atoms with Gasteiger partial charge in [0.25, 0.3) is 5.91 Å². The second-order valence-corrected chi connectivity index (χ2v) is 10.4. The molecule has 9 heteroatoms. The Kier molecular flexibility index (Phi) is 6.82. The van der Waals surface area contributed by atoms with Crippen LogP contribution in [0, 0.1) is 0 Å². The van der Waals surface area contributed by atoms with Gasteiger partial charge in [-0.15, -0.1) is 11.3 Å². The molecular weight excluding hydrogens is 486 g/mol. The fourth-order valence-electron chi connectivity index (χ4n) is 4.32. The van der Waals surface area contributed by atoms with Crippen molar-refractivity contribution in [2.75, 3.05) is 44.4 Å². The molecule has 190 valence electrons. The molecule has 0 saturated heterocycles. The fourth-order valence-corrected chi connectivity index (χ4v) is 5.42. The molecule has 0 saturated carbocycles. The summed E-state index contributed by atoms with van der Waals surface area (Å²) in [6, 6.07) is 13.7. The van der Waals surface area contributed by atoms with Crippen molar-refractivity contribution < 1.29 is 14.3 Å². The molecule has 2 aromatic heterocycles. The lowest BCUT2D eigenvalue weighted by molar-refractivity contribution is -0.111. The van der Waals surface area contributed by atoms with Gasteiger partial charge < -0.3 is 25.6 Å². The molecular formula is C28H29N5O3S. The second kappa shape index (κ2) is 10.2. The van der Waals surface area contributed by atoms with E-state index in [1.54, 1.807) is 0 Å². The van der Waals surface area contributed by atoms with E-state index in [9.17, 15) is 9.59 Å². The number of hydrogen-bond donors (Lipinski definition) is 3. The first-order chi connectivity index (χ1) is 17.8. The zero-order valence-corrected chi connectivity index (χ0v) is 21.9. The van der Waals surface area contributed by atoms with Crippen molar-refractivity contribution in [3.63, 3.8) is 0 Å². The van der Waals surface area contributed by atoms with E-state index in [0.717, 1.165) is 44.5 Å². The summed E-state index contributed by atoms with van der Waals surface area (Å²) in [5.74, 6) is 0.226. The van der Waals surface area contributed by atoms with Gasteiger partial charge in [0.1, 0.15) is 17.2 Å². The quantitative estimate of drug-likeness (QED) is 0.308. The summed E-state index contributed by atoms with van der Waals surface area (Å²) in [5.41, 5.74) is 3.87. The SMILES string of the molecule is C=CC(=O)Nc1cc(-c2ccc3c(ccc4sc5c(c43)NC[C@@H](C)NC5=O)n2)ccc1OCCN(C)C. The van der Waals surface area contributed by atoms with Crippen LogP contribution in [0.1, 0.15) is 16.6 Å². The zero-order chi connectivity index (χ0) is 26.1. The van der Waals surface area contributed by atoms with Crippen LogP contribution in [-0.2, 0) is 4.79 Å². The van der Waals surface area contributed by atoms with E-state index in [4.69, 9.17) is 9.72 Å². The van der Waals surface area contributed by atoms with Gasteiger partial charge in [-0.1, -0.05) is 6.58 Å². The van der Waals surface area contributed by atoms with Crippen LogP contribution in [0.25, 0.3) is 32.2 Å². The number of benzene rings is 2. The van der Waals surface area contributed by atoms with Crippen LogP contribution < -0.4 is 20.7 Å². The topological polar surface area (TPSA) is 95.6 Å². The number of hydrogen-bond acceptors (Lipinski definition) is 7. The molecule has 2 amide bonds. The predicted molar refractivity (Wildman–Crippen MR) is 151 cm³/mol. The smallest absolute Gasteiger partial charge is 0.263 e. The van der Waals surface area contributed by atoms with Crippen molar-refractivity contribution in [1.29, 1.82) is 0 Å². The molecule has 3 heterocycles. The Hall–Kier alpha value is -3.95. The van der Waals surface area contributed by atoms with E-state index >= 15 is 0 Å². The van der Waals surface area contributed by atoms with E-state index in [1.807, 2.05) is 68.4 Å². The maximum absolute atomic E-state index is 12.7. The molecule has 4 aromatic rings. The maximum Gasteiger partial charge on any atom is 0.263 e. The highest BCUT2D eigenvalue weighted by molar-refractivity contribution is 7.21. The third kappa shape index (κ3) is 5.00. The predicted octanol–water partition coefficient (Wildman–Crippen LogP) is 4.73. The largest absolute Gasteiger partial charge is 0.490 e. The van der Waals surface area contributed by atoms with Crippen LogP contribution in [0.2, 0.25) is 0 Å². The Morgan fingerprint density at radius 2 is 2.11 bits per heavy atom. The molecule has 5 rings (SSSR count). The summed E-state index contributed by atoms with van der Waals surface area (Å²) in [5, 5.41) is 11.3. The summed E-state index contributed by atoms with van der Waals surface area (Å²) in [6.07, 6.45) is 1.23. The Bertz CT molecular complexity index is 1530. The van der Waals surface area contributed by atoms with Crippen LogP contribution in [0.3, 0.4) is 0 Å². The van der Waals surface area contributed by atoms with Gasteiger partial charge in [0.2, 0.25) is 5.91 Å². The third-order valence-corrected chi connectivity index (χ3v) is 7.36. The minimum absolute atomic E-state index is 0.0478. The van der Waals surface area contributed by atoms with Gasteiger partial charge in [0.15, 0.2) is 0 Å². The number of thiophene rings is 1. The number of rotatable bonds is 7. The standard InChI is InChI=1S/C28H29N5O3S/c1-5-24(34)32-21-14-17(6-10-22(21)36-13-12-33(3)4)19-8-7-18-20(31-19)9-11-23-25(18)26-27(37-23)28(35)30-16(2)15-29-26/h5-11,14,16,29H,1,12-13,15H2,2-4H3,(H,30,35)(H,32,34)/t16-/m1/s1. The molecule has 1 aliphatic rings. The minimum Gasteiger partial charge on any atom is -0.490 e. The number of amides is 2. The Labute approximate surface area is 219 Å². The van der Waals surface area contributed by atoms with E-state index in [1.165, 1.54) is 17.4 Å². The van der Waals surface area contributed by atoms with Gasteiger partial charge in [0.05, 0.1) is 22.6 Å². The number of fused-ring (bicyclic) bond motifs is 5. The first-order valence-corrected chi connectivity index (χ1v) is 12.9. The van der Waals surface area contributed by atoms with Crippen LogP contribution in [0.5, 0.6) is 5.75 Å². The van der Waals surface area contributed by atoms with Crippen molar-refractivity contribution in [1.82, 2.24) is 15.2 Å². The molecule has 0 radical (unpaired) electrons. The lowest BCUT2D eigenvalue weighted by atomic mass is 10.1. The Balaban J connectivity index is 1.54.